The third-order valence-corrected chi connectivity index (χ3v) is 4.55. The number of hydrogen-bond donors (Lipinski definition) is 1. The monoisotopic (exact) mass is 253 g/mol. The van der Waals surface area contributed by atoms with Gasteiger partial charge in [-0.2, -0.15) is 0 Å². The summed E-state index contributed by atoms with van der Waals surface area (Å²) in [4.78, 5) is 0. The lowest BCUT2D eigenvalue weighted by Crippen LogP contribution is -2.48. The average molecular weight is 253 g/mol. The molecule has 0 spiro atoms. The van der Waals surface area contributed by atoms with Crippen LogP contribution < -0.4 is 5.32 Å². The Kier molecular flexibility index (Phi) is 4.38. The van der Waals surface area contributed by atoms with Crippen molar-refractivity contribution in [3.8, 4) is 0 Å². The van der Waals surface area contributed by atoms with Crippen molar-refractivity contribution in [1.82, 2.24) is 5.32 Å². The predicted molar refractivity (Wildman–Crippen MR) is 76.8 cm³/mol. The van der Waals surface area contributed by atoms with E-state index in [-0.39, 0.29) is 5.54 Å². The van der Waals surface area contributed by atoms with E-state index in [1.54, 1.807) is 0 Å². The van der Waals surface area contributed by atoms with Crippen LogP contribution in [0, 0.1) is 11.3 Å². The molecule has 1 heterocycles. The first-order valence-electron chi connectivity index (χ1n) is 7.83. The van der Waals surface area contributed by atoms with Crippen molar-refractivity contribution in [3.05, 3.63) is 0 Å². The summed E-state index contributed by atoms with van der Waals surface area (Å²) in [6.45, 7) is 11.2. The number of unbranched alkanes of at least 4 members (excludes halogenated alkanes) is 1. The lowest BCUT2D eigenvalue weighted by molar-refractivity contribution is 0.0228. The molecule has 0 aromatic rings. The van der Waals surface area contributed by atoms with Gasteiger partial charge < -0.3 is 10.1 Å². The molecule has 2 heteroatoms. The molecular weight excluding hydrogens is 222 g/mol. The summed E-state index contributed by atoms with van der Waals surface area (Å²) in [6.07, 6.45) is 8.58. The second-order valence-corrected chi connectivity index (χ2v) is 7.45. The van der Waals surface area contributed by atoms with Gasteiger partial charge >= 0.3 is 0 Å². The SMILES string of the molecule is CCCCC1(CNC(C)(C)C)CCOC1C1CC1. The van der Waals surface area contributed by atoms with Crippen molar-refractivity contribution in [2.75, 3.05) is 13.2 Å². The van der Waals surface area contributed by atoms with Crippen molar-refractivity contribution in [2.24, 2.45) is 11.3 Å². The van der Waals surface area contributed by atoms with Crippen molar-refractivity contribution < 1.29 is 4.74 Å². The fraction of sp³-hybridized carbons (Fsp3) is 1.00. The fourth-order valence-electron chi connectivity index (χ4n) is 3.26. The fourth-order valence-corrected chi connectivity index (χ4v) is 3.26. The Labute approximate surface area is 113 Å². The van der Waals surface area contributed by atoms with Crippen molar-refractivity contribution in [3.63, 3.8) is 0 Å². The highest BCUT2D eigenvalue weighted by atomic mass is 16.5. The molecule has 106 valence electrons. The maximum absolute atomic E-state index is 6.12. The van der Waals surface area contributed by atoms with Crippen LogP contribution in [0.25, 0.3) is 0 Å². The molecule has 1 aliphatic carbocycles. The minimum Gasteiger partial charge on any atom is -0.377 e. The van der Waals surface area contributed by atoms with Crippen molar-refractivity contribution in [2.45, 2.75) is 77.9 Å². The van der Waals surface area contributed by atoms with Crippen LogP contribution in [-0.4, -0.2) is 24.8 Å². The van der Waals surface area contributed by atoms with E-state index < -0.39 is 0 Å². The van der Waals surface area contributed by atoms with Crippen LogP contribution in [0.4, 0.5) is 0 Å². The van der Waals surface area contributed by atoms with E-state index in [9.17, 15) is 0 Å². The molecule has 0 radical (unpaired) electrons. The quantitative estimate of drug-likeness (QED) is 0.778. The first-order chi connectivity index (χ1) is 8.47. The maximum Gasteiger partial charge on any atom is 0.0672 e. The second kappa shape index (κ2) is 5.50. The molecule has 1 aliphatic heterocycles. The van der Waals surface area contributed by atoms with Gasteiger partial charge in [-0.3, -0.25) is 0 Å². The molecule has 2 aliphatic rings. The van der Waals surface area contributed by atoms with Gasteiger partial charge in [0.05, 0.1) is 6.10 Å². The van der Waals surface area contributed by atoms with Gasteiger partial charge in [0.2, 0.25) is 0 Å². The molecule has 18 heavy (non-hydrogen) atoms. The smallest absolute Gasteiger partial charge is 0.0672 e. The molecule has 2 unspecified atom stereocenters. The molecule has 2 fully saturated rings. The Morgan fingerprint density at radius 3 is 2.56 bits per heavy atom. The molecule has 0 aromatic heterocycles. The van der Waals surface area contributed by atoms with Crippen LogP contribution in [0.3, 0.4) is 0 Å². The number of hydrogen-bond acceptors (Lipinski definition) is 2. The second-order valence-electron chi connectivity index (χ2n) is 7.45. The number of ether oxygens (including phenoxy) is 1. The Bertz CT molecular complexity index is 267. The van der Waals surface area contributed by atoms with Gasteiger partial charge in [-0.1, -0.05) is 19.8 Å². The lowest BCUT2D eigenvalue weighted by Gasteiger charge is -2.37. The standard InChI is InChI=1S/C16H31NO/c1-5-6-9-16(12-17-15(2,3)4)10-11-18-14(16)13-7-8-13/h13-14,17H,5-12H2,1-4H3. The van der Waals surface area contributed by atoms with E-state index in [4.69, 9.17) is 4.74 Å². The summed E-state index contributed by atoms with van der Waals surface area (Å²) < 4.78 is 6.12. The van der Waals surface area contributed by atoms with Crippen LogP contribution in [0.1, 0.15) is 66.2 Å². The molecule has 2 rings (SSSR count). The molecule has 2 nitrogen and oxygen atoms in total. The largest absolute Gasteiger partial charge is 0.377 e. The topological polar surface area (TPSA) is 21.3 Å². The molecule has 1 N–H and O–H groups in total. The molecular formula is C16H31NO. The Morgan fingerprint density at radius 1 is 1.28 bits per heavy atom. The lowest BCUT2D eigenvalue weighted by atomic mass is 9.74. The van der Waals surface area contributed by atoms with E-state index in [1.165, 1.54) is 38.5 Å². The molecule has 2 atom stereocenters. The Hall–Kier alpha value is -0.0800. The third kappa shape index (κ3) is 3.48. The molecule has 0 aromatic carbocycles. The first kappa shape index (κ1) is 14.3. The highest BCUT2D eigenvalue weighted by Crippen LogP contribution is 2.50. The third-order valence-electron chi connectivity index (χ3n) is 4.55. The van der Waals surface area contributed by atoms with Gasteiger partial charge in [-0.15, -0.1) is 0 Å². The van der Waals surface area contributed by atoms with Crippen LogP contribution >= 0.6 is 0 Å². The summed E-state index contributed by atoms with van der Waals surface area (Å²) in [5, 5.41) is 3.75. The van der Waals surface area contributed by atoms with Crippen LogP contribution in [-0.2, 0) is 4.74 Å². The Balaban J connectivity index is 2.01. The van der Waals surface area contributed by atoms with E-state index in [2.05, 4.69) is 33.0 Å². The van der Waals surface area contributed by atoms with E-state index in [1.807, 2.05) is 0 Å². The van der Waals surface area contributed by atoms with Gasteiger partial charge in [0, 0.05) is 24.1 Å². The van der Waals surface area contributed by atoms with E-state index >= 15 is 0 Å². The van der Waals surface area contributed by atoms with Gasteiger partial charge in [0.1, 0.15) is 0 Å². The minimum atomic E-state index is 0.218. The van der Waals surface area contributed by atoms with Gasteiger partial charge in [-0.25, -0.2) is 0 Å². The molecule has 1 saturated carbocycles. The van der Waals surface area contributed by atoms with Crippen molar-refractivity contribution in [1.29, 1.82) is 0 Å². The first-order valence-corrected chi connectivity index (χ1v) is 7.83. The molecule has 1 saturated heterocycles. The highest BCUT2D eigenvalue weighted by molar-refractivity contribution is 5.01. The normalized spacial score (nSPS) is 33.0. The predicted octanol–water partition coefficient (Wildman–Crippen LogP) is 3.75. The zero-order chi connectivity index (χ0) is 13.2. The van der Waals surface area contributed by atoms with Crippen LogP contribution in [0.2, 0.25) is 0 Å². The van der Waals surface area contributed by atoms with Gasteiger partial charge in [0.25, 0.3) is 0 Å². The number of nitrogens with one attached hydrogen (secondary N) is 1. The highest BCUT2D eigenvalue weighted by Gasteiger charge is 2.50. The Morgan fingerprint density at radius 2 is 2.00 bits per heavy atom. The van der Waals surface area contributed by atoms with E-state index in [0.29, 0.717) is 11.5 Å². The van der Waals surface area contributed by atoms with Crippen LogP contribution in [0.5, 0.6) is 0 Å². The van der Waals surface area contributed by atoms with Gasteiger partial charge in [-0.05, 0) is 52.4 Å². The minimum absolute atomic E-state index is 0.218. The summed E-state index contributed by atoms with van der Waals surface area (Å²) in [6, 6.07) is 0. The maximum atomic E-state index is 6.12. The summed E-state index contributed by atoms with van der Waals surface area (Å²) in [7, 11) is 0. The summed E-state index contributed by atoms with van der Waals surface area (Å²) >= 11 is 0. The molecule has 0 bridgehead atoms. The number of rotatable bonds is 6. The van der Waals surface area contributed by atoms with Crippen LogP contribution in [0.15, 0.2) is 0 Å². The van der Waals surface area contributed by atoms with Crippen molar-refractivity contribution >= 4 is 0 Å². The average Bonchev–Trinajstić information content (AvgIpc) is 3.05. The zero-order valence-corrected chi connectivity index (χ0v) is 12.7. The van der Waals surface area contributed by atoms with E-state index in [0.717, 1.165) is 19.1 Å². The van der Waals surface area contributed by atoms with Gasteiger partial charge in [0.15, 0.2) is 0 Å². The summed E-state index contributed by atoms with van der Waals surface area (Å²) in [5.41, 5.74) is 0.639. The molecule has 0 amide bonds. The zero-order valence-electron chi connectivity index (χ0n) is 12.7. The summed E-state index contributed by atoms with van der Waals surface area (Å²) in [5.74, 6) is 0.867.